The van der Waals surface area contributed by atoms with E-state index in [0.29, 0.717) is 28.3 Å². The minimum Gasteiger partial charge on any atom is -0.444 e. The molecule has 11 heteroatoms. The van der Waals surface area contributed by atoms with Crippen LogP contribution in [-0.4, -0.2) is 26.0 Å². The lowest BCUT2D eigenvalue weighted by Crippen LogP contribution is -2.27. The quantitative estimate of drug-likeness (QED) is 0.656. The van der Waals surface area contributed by atoms with Crippen molar-refractivity contribution >= 4 is 56.3 Å². The number of nitrogens with one attached hydrogen (secondary N) is 2. The van der Waals surface area contributed by atoms with Crippen LogP contribution in [0.3, 0.4) is 0 Å². The normalized spacial score (nSPS) is 11.8. The van der Waals surface area contributed by atoms with Crippen LogP contribution in [-0.2, 0) is 14.8 Å². The molecule has 0 unspecified atom stereocenters. The standard InChI is InChI=1S/C17H20ClN3O5S2/c1-9-7-10(5-6-12(9)21-16(23)26-17(2,3)4)20-14(22)11-8-13(18)27-15(11)28(19,24)25/h5-8H,1-4H3,(H,20,22)(H,21,23)(H2,19,24,25). The van der Waals surface area contributed by atoms with Crippen molar-refractivity contribution in [1.82, 2.24) is 0 Å². The van der Waals surface area contributed by atoms with Crippen molar-refractivity contribution in [2.45, 2.75) is 37.5 Å². The van der Waals surface area contributed by atoms with Gasteiger partial charge in [0, 0.05) is 11.4 Å². The third-order valence-corrected chi connectivity index (χ3v) is 6.03. The number of carbonyl (C=O) groups excluding carboxylic acids is 2. The Labute approximate surface area is 172 Å². The number of ether oxygens (including phenoxy) is 1. The molecule has 0 saturated heterocycles. The summed E-state index contributed by atoms with van der Waals surface area (Å²) in [6, 6.07) is 6.01. The van der Waals surface area contributed by atoms with Gasteiger partial charge in [-0.2, -0.15) is 0 Å². The molecular formula is C17H20ClN3O5S2. The summed E-state index contributed by atoms with van der Waals surface area (Å²) in [7, 11) is -4.08. The Kier molecular flexibility index (Phi) is 6.39. The summed E-state index contributed by atoms with van der Waals surface area (Å²) in [6.07, 6.45) is -0.599. The van der Waals surface area contributed by atoms with Crippen molar-refractivity contribution in [2.24, 2.45) is 5.14 Å². The number of amides is 2. The molecule has 1 heterocycles. The second-order valence-electron chi connectivity index (χ2n) is 6.91. The first-order valence-electron chi connectivity index (χ1n) is 8.00. The third kappa shape index (κ3) is 5.93. The number of anilines is 2. The summed E-state index contributed by atoms with van der Waals surface area (Å²) in [5.41, 5.74) is 0.815. The fourth-order valence-corrected chi connectivity index (χ4v) is 4.49. The fourth-order valence-electron chi connectivity index (χ4n) is 2.21. The number of nitrogens with two attached hydrogens (primary N) is 1. The molecule has 0 fully saturated rings. The van der Waals surface area contributed by atoms with Gasteiger partial charge < -0.3 is 10.1 Å². The van der Waals surface area contributed by atoms with Crippen molar-refractivity contribution in [2.75, 3.05) is 10.6 Å². The van der Waals surface area contributed by atoms with E-state index in [-0.39, 0.29) is 14.1 Å². The van der Waals surface area contributed by atoms with Crippen molar-refractivity contribution in [1.29, 1.82) is 0 Å². The largest absolute Gasteiger partial charge is 0.444 e. The summed E-state index contributed by atoms with van der Waals surface area (Å²) in [6.45, 7) is 7.00. The zero-order valence-electron chi connectivity index (χ0n) is 15.6. The summed E-state index contributed by atoms with van der Waals surface area (Å²) in [5.74, 6) is -0.667. The average Bonchev–Trinajstić information content (AvgIpc) is 2.90. The molecule has 2 rings (SSSR count). The van der Waals surface area contributed by atoms with Crippen LogP contribution in [0.5, 0.6) is 0 Å². The SMILES string of the molecule is Cc1cc(NC(=O)c2cc(Cl)sc2S(N)(=O)=O)ccc1NC(=O)OC(C)(C)C. The van der Waals surface area contributed by atoms with E-state index in [0.717, 1.165) is 0 Å². The molecule has 2 aromatic rings. The molecule has 0 spiro atoms. The Morgan fingerprint density at radius 1 is 1.18 bits per heavy atom. The highest BCUT2D eigenvalue weighted by atomic mass is 35.5. The highest BCUT2D eigenvalue weighted by Gasteiger charge is 2.23. The van der Waals surface area contributed by atoms with E-state index in [1.165, 1.54) is 6.07 Å². The van der Waals surface area contributed by atoms with E-state index < -0.39 is 27.6 Å². The zero-order valence-corrected chi connectivity index (χ0v) is 18.0. The smallest absolute Gasteiger partial charge is 0.412 e. The highest BCUT2D eigenvalue weighted by molar-refractivity contribution is 7.91. The highest BCUT2D eigenvalue weighted by Crippen LogP contribution is 2.31. The number of halogens is 1. The number of rotatable bonds is 4. The number of thiophene rings is 1. The van der Waals surface area contributed by atoms with Gasteiger partial charge in [0.25, 0.3) is 5.91 Å². The summed E-state index contributed by atoms with van der Waals surface area (Å²) < 4.78 is 28.3. The lowest BCUT2D eigenvalue weighted by atomic mass is 10.1. The summed E-state index contributed by atoms with van der Waals surface area (Å²) in [4.78, 5) is 24.3. The lowest BCUT2D eigenvalue weighted by molar-refractivity contribution is 0.0635. The van der Waals surface area contributed by atoms with Crippen LogP contribution in [0.2, 0.25) is 4.34 Å². The van der Waals surface area contributed by atoms with E-state index in [2.05, 4.69) is 10.6 Å². The van der Waals surface area contributed by atoms with Crippen LogP contribution in [0, 0.1) is 6.92 Å². The molecule has 28 heavy (non-hydrogen) atoms. The molecule has 2 amide bonds. The Hall–Kier alpha value is -2.14. The molecule has 1 aromatic carbocycles. The van der Waals surface area contributed by atoms with Crippen LogP contribution < -0.4 is 15.8 Å². The number of benzene rings is 1. The molecule has 1 aromatic heterocycles. The van der Waals surface area contributed by atoms with Crippen LogP contribution in [0.15, 0.2) is 28.5 Å². The van der Waals surface area contributed by atoms with E-state index in [9.17, 15) is 18.0 Å². The number of carbonyl (C=O) groups is 2. The van der Waals surface area contributed by atoms with Gasteiger partial charge in [0.05, 0.1) is 9.90 Å². The van der Waals surface area contributed by atoms with Gasteiger partial charge in [-0.15, -0.1) is 11.3 Å². The molecule has 0 radical (unpaired) electrons. The third-order valence-electron chi connectivity index (χ3n) is 3.29. The van der Waals surface area contributed by atoms with Crippen molar-refractivity contribution in [3.8, 4) is 0 Å². The van der Waals surface area contributed by atoms with Crippen molar-refractivity contribution in [3.05, 3.63) is 39.7 Å². The van der Waals surface area contributed by atoms with E-state index in [1.54, 1.807) is 45.9 Å². The van der Waals surface area contributed by atoms with E-state index in [4.69, 9.17) is 21.5 Å². The number of primary sulfonamides is 1. The molecule has 0 saturated carbocycles. The zero-order chi connectivity index (χ0) is 21.3. The van der Waals surface area contributed by atoms with Gasteiger partial charge in [0.1, 0.15) is 9.81 Å². The fraction of sp³-hybridized carbons (Fsp3) is 0.294. The predicted molar refractivity (Wildman–Crippen MR) is 110 cm³/mol. The molecule has 0 bridgehead atoms. The van der Waals surface area contributed by atoms with Gasteiger partial charge in [-0.3, -0.25) is 10.1 Å². The van der Waals surface area contributed by atoms with Crippen LogP contribution >= 0.6 is 22.9 Å². The minimum atomic E-state index is -4.08. The number of hydrogen-bond acceptors (Lipinski definition) is 6. The molecule has 152 valence electrons. The van der Waals surface area contributed by atoms with Crippen molar-refractivity contribution < 1.29 is 22.7 Å². The first kappa shape index (κ1) is 22.2. The number of sulfonamides is 1. The number of hydrogen-bond donors (Lipinski definition) is 3. The van der Waals surface area contributed by atoms with Gasteiger partial charge in [-0.1, -0.05) is 11.6 Å². The molecule has 4 N–H and O–H groups in total. The molecular weight excluding hydrogens is 426 g/mol. The molecule has 0 aliphatic carbocycles. The Morgan fingerprint density at radius 3 is 2.36 bits per heavy atom. The lowest BCUT2D eigenvalue weighted by Gasteiger charge is -2.20. The minimum absolute atomic E-state index is 0.127. The summed E-state index contributed by atoms with van der Waals surface area (Å²) >= 11 is 6.53. The van der Waals surface area contributed by atoms with Gasteiger partial charge in [0.2, 0.25) is 10.0 Å². The van der Waals surface area contributed by atoms with Crippen molar-refractivity contribution in [3.63, 3.8) is 0 Å². The second-order valence-corrected chi connectivity index (χ2v) is 10.3. The summed E-state index contributed by atoms with van der Waals surface area (Å²) in [5, 5.41) is 10.3. The maximum Gasteiger partial charge on any atom is 0.412 e. The van der Waals surface area contributed by atoms with E-state index in [1.807, 2.05) is 0 Å². The van der Waals surface area contributed by atoms with E-state index >= 15 is 0 Å². The van der Waals surface area contributed by atoms with Crippen LogP contribution in [0.1, 0.15) is 36.7 Å². The Bertz CT molecular complexity index is 1030. The average molecular weight is 446 g/mol. The van der Waals surface area contributed by atoms with Gasteiger partial charge in [-0.05, 0) is 57.5 Å². The predicted octanol–water partition coefficient (Wildman–Crippen LogP) is 3.96. The first-order valence-corrected chi connectivity index (χ1v) is 10.7. The Balaban J connectivity index is 2.17. The second kappa shape index (κ2) is 8.08. The molecule has 0 aliphatic rings. The van der Waals surface area contributed by atoms with Gasteiger partial charge in [-0.25, -0.2) is 18.4 Å². The monoisotopic (exact) mass is 445 g/mol. The molecule has 0 aliphatic heterocycles. The van der Waals surface area contributed by atoms with Crippen LogP contribution in [0.25, 0.3) is 0 Å². The maximum absolute atomic E-state index is 12.5. The molecule has 0 atom stereocenters. The van der Waals surface area contributed by atoms with Gasteiger partial charge >= 0.3 is 6.09 Å². The maximum atomic E-state index is 12.5. The number of aryl methyl sites for hydroxylation is 1. The first-order chi connectivity index (χ1) is 12.8. The topological polar surface area (TPSA) is 128 Å². The molecule has 8 nitrogen and oxygen atoms in total. The Morgan fingerprint density at radius 2 is 1.82 bits per heavy atom. The van der Waals surface area contributed by atoms with Crippen LogP contribution in [0.4, 0.5) is 16.2 Å². The van der Waals surface area contributed by atoms with Gasteiger partial charge in [0.15, 0.2) is 0 Å².